The van der Waals surface area contributed by atoms with Gasteiger partial charge in [-0.05, 0) is 128 Å². The van der Waals surface area contributed by atoms with E-state index in [4.69, 9.17) is 4.74 Å². The van der Waals surface area contributed by atoms with E-state index < -0.39 is 22.8 Å². The van der Waals surface area contributed by atoms with Gasteiger partial charge in [0, 0.05) is 29.5 Å². The molecular weight excluding hydrogens is 640 g/mol. The van der Waals surface area contributed by atoms with Gasteiger partial charge in [-0.2, -0.15) is 0 Å². The predicted molar refractivity (Wildman–Crippen MR) is 197 cm³/mol. The Hall–Kier alpha value is -3.29. The molecule has 0 spiro atoms. The molecule has 4 fully saturated rings. The Labute approximate surface area is 304 Å². The smallest absolute Gasteiger partial charge is 0.309 e. The van der Waals surface area contributed by atoms with Crippen LogP contribution in [0, 0.1) is 56.2 Å². The van der Waals surface area contributed by atoms with Crippen LogP contribution in [0.3, 0.4) is 0 Å². The minimum absolute atomic E-state index is 0.00653. The van der Waals surface area contributed by atoms with E-state index in [1.54, 1.807) is 32.2 Å². The zero-order valence-electron chi connectivity index (χ0n) is 32.4. The number of allylic oxidation sites excluding steroid dienone is 3. The van der Waals surface area contributed by atoms with Crippen LogP contribution in [0.1, 0.15) is 127 Å². The number of carboxylic acids is 1. The van der Waals surface area contributed by atoms with E-state index in [0.717, 1.165) is 56.9 Å². The fraction of sp³-hybridized carbons (Fsp3) is 0.698. The Balaban J connectivity index is 1.28. The highest BCUT2D eigenvalue weighted by Crippen LogP contribution is 2.77. The lowest BCUT2D eigenvalue weighted by molar-refractivity contribution is -0.232. The fourth-order valence-electron chi connectivity index (χ4n) is 12.5. The van der Waals surface area contributed by atoms with Crippen molar-refractivity contribution in [1.82, 2.24) is 4.98 Å². The third-order valence-corrected chi connectivity index (χ3v) is 15.3. The van der Waals surface area contributed by atoms with Crippen LogP contribution in [0.15, 0.2) is 47.7 Å². The third-order valence-electron chi connectivity index (χ3n) is 15.3. The van der Waals surface area contributed by atoms with Gasteiger partial charge < -0.3 is 15.2 Å². The molecule has 0 aromatic carbocycles. The number of nitrogens with one attached hydrogen (secondary N) is 1. The van der Waals surface area contributed by atoms with Crippen molar-refractivity contribution < 1.29 is 29.0 Å². The number of aromatic nitrogens is 1. The van der Waals surface area contributed by atoms with Gasteiger partial charge in [-0.1, -0.05) is 60.6 Å². The monoisotopic (exact) mass is 700 g/mol. The lowest BCUT2D eigenvalue weighted by Crippen LogP contribution is -2.65. The summed E-state index contributed by atoms with van der Waals surface area (Å²) >= 11 is 0. The average Bonchev–Trinajstić information content (AvgIpc) is 3.34. The number of amides is 1. The number of Topliss-reactive ketones (excluding diaryl/α,β-unsaturated/α-hetero) is 1. The van der Waals surface area contributed by atoms with E-state index in [1.807, 2.05) is 12.1 Å². The molecule has 5 aliphatic carbocycles. The number of ketones is 1. The van der Waals surface area contributed by atoms with Crippen LogP contribution in [0.25, 0.3) is 0 Å². The summed E-state index contributed by atoms with van der Waals surface area (Å²) in [4.78, 5) is 56.1. The maximum atomic E-state index is 13.9. The van der Waals surface area contributed by atoms with Crippen LogP contribution >= 0.6 is 0 Å². The number of carbonyl (C=O) groups excluding carboxylic acids is 3. The van der Waals surface area contributed by atoms with Gasteiger partial charge in [0.25, 0.3) is 0 Å². The van der Waals surface area contributed by atoms with Gasteiger partial charge >= 0.3 is 11.9 Å². The topological polar surface area (TPSA) is 123 Å². The minimum Gasteiger partial charge on any atom is -0.481 e. The van der Waals surface area contributed by atoms with Crippen molar-refractivity contribution in [2.75, 3.05) is 5.32 Å². The predicted octanol–water partition coefficient (Wildman–Crippen LogP) is 8.97. The Kier molecular flexibility index (Phi) is 9.32. The molecule has 0 bridgehead atoms. The molecule has 8 unspecified atom stereocenters. The van der Waals surface area contributed by atoms with Crippen LogP contribution in [0.5, 0.6) is 0 Å². The van der Waals surface area contributed by atoms with E-state index >= 15 is 0 Å². The molecule has 1 amide bonds. The molecule has 0 aliphatic heterocycles. The van der Waals surface area contributed by atoms with E-state index in [9.17, 15) is 24.3 Å². The van der Waals surface area contributed by atoms with Gasteiger partial charge in [-0.15, -0.1) is 0 Å². The minimum atomic E-state index is -1.17. The van der Waals surface area contributed by atoms with Crippen molar-refractivity contribution in [3.05, 3.63) is 47.7 Å². The maximum absolute atomic E-state index is 13.9. The van der Waals surface area contributed by atoms with Crippen molar-refractivity contribution in [2.24, 2.45) is 56.2 Å². The van der Waals surface area contributed by atoms with Crippen LogP contribution in [-0.2, 0) is 23.9 Å². The number of aliphatic carboxylic acids is 1. The summed E-state index contributed by atoms with van der Waals surface area (Å²) in [5.74, 6) is 0.339. The molecule has 0 saturated heterocycles. The number of carboxylic acid groups (broad SMARTS) is 1. The fourth-order valence-corrected chi connectivity index (χ4v) is 12.5. The number of rotatable bonds is 8. The first-order valence-electron chi connectivity index (χ1n) is 19.3. The summed E-state index contributed by atoms with van der Waals surface area (Å²) in [6, 6.07) is 5.43. The molecule has 8 nitrogen and oxygen atoms in total. The second-order valence-electron chi connectivity index (χ2n) is 19.1. The van der Waals surface area contributed by atoms with Crippen molar-refractivity contribution in [3.8, 4) is 0 Å². The van der Waals surface area contributed by atoms with E-state index in [1.165, 1.54) is 5.57 Å². The van der Waals surface area contributed by atoms with Crippen molar-refractivity contribution in [1.29, 1.82) is 0 Å². The lowest BCUT2D eigenvalue weighted by Gasteiger charge is -2.72. The number of anilines is 1. The largest absolute Gasteiger partial charge is 0.481 e. The van der Waals surface area contributed by atoms with Crippen molar-refractivity contribution >= 4 is 29.4 Å². The van der Waals surface area contributed by atoms with Gasteiger partial charge in [-0.25, -0.2) is 4.98 Å². The molecule has 1 heterocycles. The Bertz CT molecular complexity index is 1660. The Morgan fingerprint density at radius 1 is 0.980 bits per heavy atom. The molecular formula is C43H60N2O6. The number of carbonyl (C=O) groups is 4. The van der Waals surface area contributed by atoms with Gasteiger partial charge in [0.1, 0.15) is 11.9 Å². The van der Waals surface area contributed by atoms with Crippen LogP contribution in [0.2, 0.25) is 0 Å². The number of nitrogens with zero attached hydrogens (tertiary/aromatic N) is 1. The maximum Gasteiger partial charge on any atom is 0.309 e. The van der Waals surface area contributed by atoms with Crippen molar-refractivity contribution in [2.45, 2.75) is 133 Å². The van der Waals surface area contributed by atoms with Crippen molar-refractivity contribution in [3.63, 3.8) is 0 Å². The highest BCUT2D eigenvalue weighted by atomic mass is 16.5. The number of pyridine rings is 1. The normalized spacial score (nSPS) is 37.3. The molecule has 278 valence electrons. The number of esters is 1. The summed E-state index contributed by atoms with van der Waals surface area (Å²) in [6.45, 7) is 19.6. The standard InChI is InChI=1S/C43H60N2O6/c1-26(2)35-28(46)24-43(20-17-33(47)45-32-12-10-11-23-44-32)22-21-41(8)27(36(35)43)13-14-30-40(7)18-16-31(51-34(48)25-38(3,4)37(49)50)39(5,6)29(40)15-19-42(30,41)9/h10-12,17,20,23,26-27,29-31H,13-16,18-19,21-22,24-25H2,1-9H3,(H,49,50)(H,44,45,47). The number of hydrogen-bond acceptors (Lipinski definition) is 6. The molecule has 2 N–H and O–H groups in total. The highest BCUT2D eigenvalue weighted by molar-refractivity contribution is 6.02. The Morgan fingerprint density at radius 2 is 1.71 bits per heavy atom. The third kappa shape index (κ3) is 5.91. The highest BCUT2D eigenvalue weighted by Gasteiger charge is 2.70. The lowest BCUT2D eigenvalue weighted by atomic mass is 9.33. The molecule has 8 atom stereocenters. The van der Waals surface area contributed by atoms with Gasteiger partial charge in [-0.3, -0.25) is 19.2 Å². The SMILES string of the molecule is CC(C)C1=C2C3CCC4C5(C)CCC(OC(=O)CC(C)(C)C(=O)O)C(C)(C)C5CCC4(C)C3(C)CCC2(C=CC(=O)Nc2ccccn2)CC1=O. The summed E-state index contributed by atoms with van der Waals surface area (Å²) in [7, 11) is 0. The molecule has 5 aliphatic rings. The Morgan fingerprint density at radius 3 is 2.35 bits per heavy atom. The molecule has 6 rings (SSSR count). The second-order valence-corrected chi connectivity index (χ2v) is 19.1. The molecule has 8 heteroatoms. The van der Waals surface area contributed by atoms with E-state index in [-0.39, 0.29) is 57.7 Å². The molecule has 51 heavy (non-hydrogen) atoms. The second kappa shape index (κ2) is 12.7. The first-order valence-corrected chi connectivity index (χ1v) is 19.3. The molecule has 1 aromatic rings. The van der Waals surface area contributed by atoms with Gasteiger partial charge in [0.2, 0.25) is 5.91 Å². The van der Waals surface area contributed by atoms with Gasteiger partial charge in [0.15, 0.2) is 5.78 Å². The average molecular weight is 701 g/mol. The molecule has 0 radical (unpaired) electrons. The first-order chi connectivity index (χ1) is 23.7. The molecule has 1 aromatic heterocycles. The number of ether oxygens (including phenoxy) is 1. The van der Waals surface area contributed by atoms with Gasteiger partial charge in [0.05, 0.1) is 11.8 Å². The summed E-state index contributed by atoms with van der Waals surface area (Å²) in [5, 5.41) is 12.5. The summed E-state index contributed by atoms with van der Waals surface area (Å²) < 4.78 is 6.15. The quantitative estimate of drug-likeness (QED) is 0.205. The van der Waals surface area contributed by atoms with Crippen LogP contribution < -0.4 is 5.32 Å². The zero-order chi connectivity index (χ0) is 37.4. The number of hydrogen-bond donors (Lipinski definition) is 2. The van der Waals surface area contributed by atoms with Crippen LogP contribution in [-0.4, -0.2) is 39.8 Å². The first kappa shape index (κ1) is 37.5. The summed E-state index contributed by atoms with van der Waals surface area (Å²) in [6.07, 6.45) is 13.2. The van der Waals surface area contributed by atoms with E-state index in [2.05, 4.69) is 64.8 Å². The molecule has 4 saturated carbocycles. The van der Waals surface area contributed by atoms with Crippen LogP contribution in [0.4, 0.5) is 5.82 Å². The summed E-state index contributed by atoms with van der Waals surface area (Å²) in [5.41, 5.74) is 0.565. The zero-order valence-corrected chi connectivity index (χ0v) is 32.4. The van der Waals surface area contributed by atoms with E-state index in [0.29, 0.717) is 24.1 Å². The number of fused-ring (bicyclic) bond motifs is 7.